The number of aromatic nitrogens is 1. The molecule has 1 saturated heterocycles. The zero-order valence-electron chi connectivity index (χ0n) is 18.8. The molecule has 2 aromatic rings. The van der Waals surface area contributed by atoms with Crippen LogP contribution in [0.3, 0.4) is 0 Å². The standard InChI is InChI=1S/C23H30ClN3O4S/c1-14(2)19(26-21-25-17(12-32-21)11-18(28)29)20(30)27-10-9-23(31,22(3,4)13-27)15-5-7-16(24)8-6-15/h5-8,12,14,19,31H,9-11,13H2,1-4H3,(H,25,26)(H,28,29). The summed E-state index contributed by atoms with van der Waals surface area (Å²) in [5.41, 5.74) is -0.388. The summed E-state index contributed by atoms with van der Waals surface area (Å²) in [7, 11) is 0. The van der Waals surface area contributed by atoms with Crippen molar-refractivity contribution in [2.24, 2.45) is 11.3 Å². The smallest absolute Gasteiger partial charge is 0.309 e. The van der Waals surface area contributed by atoms with Crippen LogP contribution in [0.4, 0.5) is 5.13 Å². The molecule has 1 aromatic carbocycles. The summed E-state index contributed by atoms with van der Waals surface area (Å²) in [4.78, 5) is 30.5. The van der Waals surface area contributed by atoms with E-state index in [-0.39, 0.29) is 18.2 Å². The SMILES string of the molecule is CC(C)C(Nc1nc(CC(=O)O)cs1)C(=O)N1CCC(O)(c2ccc(Cl)cc2)C(C)(C)C1. The first kappa shape index (κ1) is 24.5. The van der Waals surface area contributed by atoms with Gasteiger partial charge in [-0.2, -0.15) is 0 Å². The molecule has 174 valence electrons. The second-order valence-corrected chi connectivity index (χ2v) is 10.6. The van der Waals surface area contributed by atoms with Crippen molar-refractivity contribution in [2.75, 3.05) is 18.4 Å². The van der Waals surface area contributed by atoms with Crippen LogP contribution in [0.5, 0.6) is 0 Å². The Balaban J connectivity index is 1.75. The van der Waals surface area contributed by atoms with E-state index in [0.717, 1.165) is 5.56 Å². The van der Waals surface area contributed by atoms with Crippen molar-refractivity contribution in [1.29, 1.82) is 0 Å². The van der Waals surface area contributed by atoms with Crippen molar-refractivity contribution < 1.29 is 19.8 Å². The zero-order chi connectivity index (χ0) is 23.7. The van der Waals surface area contributed by atoms with Crippen molar-refractivity contribution >= 4 is 39.9 Å². The van der Waals surface area contributed by atoms with Gasteiger partial charge in [-0.15, -0.1) is 11.3 Å². The topological polar surface area (TPSA) is 103 Å². The molecule has 1 aliphatic rings. The van der Waals surface area contributed by atoms with E-state index >= 15 is 0 Å². The van der Waals surface area contributed by atoms with Crippen LogP contribution < -0.4 is 5.32 Å². The molecule has 1 aromatic heterocycles. The molecule has 7 nitrogen and oxygen atoms in total. The van der Waals surface area contributed by atoms with Gasteiger partial charge in [-0.3, -0.25) is 9.59 Å². The van der Waals surface area contributed by atoms with Crippen LogP contribution >= 0.6 is 22.9 Å². The summed E-state index contributed by atoms with van der Waals surface area (Å²) in [5, 5.41) is 26.5. The predicted octanol–water partition coefficient (Wildman–Crippen LogP) is 4.01. The maximum atomic E-state index is 13.5. The minimum atomic E-state index is -1.07. The Morgan fingerprint density at radius 3 is 2.50 bits per heavy atom. The van der Waals surface area contributed by atoms with Gasteiger partial charge in [0, 0.05) is 28.9 Å². The molecule has 32 heavy (non-hydrogen) atoms. The molecular weight excluding hydrogens is 450 g/mol. The number of rotatable bonds is 7. The molecule has 0 saturated carbocycles. The molecule has 0 spiro atoms. The number of thiazole rings is 1. The van der Waals surface area contributed by atoms with Crippen LogP contribution in [-0.4, -0.2) is 51.1 Å². The second-order valence-electron chi connectivity index (χ2n) is 9.34. The number of carboxylic acids is 1. The Kier molecular flexibility index (Phi) is 7.17. The fourth-order valence-electron chi connectivity index (χ4n) is 4.22. The number of amides is 1. The van der Waals surface area contributed by atoms with E-state index in [4.69, 9.17) is 16.7 Å². The second kappa shape index (κ2) is 9.37. The lowest BCUT2D eigenvalue weighted by molar-refractivity contribution is -0.154. The molecule has 9 heteroatoms. The summed E-state index contributed by atoms with van der Waals surface area (Å²) in [6.45, 7) is 8.68. The third-order valence-corrected chi connectivity index (χ3v) is 7.25. The average Bonchev–Trinajstić information content (AvgIpc) is 3.14. The number of anilines is 1. The van der Waals surface area contributed by atoms with Gasteiger partial charge in [0.1, 0.15) is 6.04 Å². The van der Waals surface area contributed by atoms with Crippen molar-refractivity contribution in [1.82, 2.24) is 9.88 Å². The molecule has 0 aliphatic carbocycles. The number of carbonyl (C=O) groups is 2. The van der Waals surface area contributed by atoms with Crippen LogP contribution in [0.2, 0.25) is 5.02 Å². The Morgan fingerprint density at radius 2 is 1.94 bits per heavy atom. The Labute approximate surface area is 197 Å². The highest BCUT2D eigenvalue weighted by Gasteiger charge is 2.50. The van der Waals surface area contributed by atoms with Crippen molar-refractivity contribution in [2.45, 2.75) is 52.2 Å². The number of halogens is 1. The quantitative estimate of drug-likeness (QED) is 0.554. The lowest BCUT2D eigenvalue weighted by atomic mass is 9.66. The average molecular weight is 480 g/mol. The molecule has 1 aliphatic heterocycles. The fraction of sp³-hybridized carbons (Fsp3) is 0.522. The van der Waals surface area contributed by atoms with Gasteiger partial charge < -0.3 is 20.4 Å². The monoisotopic (exact) mass is 479 g/mol. The van der Waals surface area contributed by atoms with E-state index in [0.29, 0.717) is 35.4 Å². The molecular formula is C23H30ClN3O4S. The number of piperidine rings is 1. The van der Waals surface area contributed by atoms with E-state index in [9.17, 15) is 14.7 Å². The van der Waals surface area contributed by atoms with Crippen LogP contribution in [-0.2, 0) is 21.6 Å². The van der Waals surface area contributed by atoms with E-state index in [1.165, 1.54) is 11.3 Å². The minimum absolute atomic E-state index is 0.00508. The number of carboxylic acid groups (broad SMARTS) is 1. The Morgan fingerprint density at radius 1 is 1.28 bits per heavy atom. The zero-order valence-corrected chi connectivity index (χ0v) is 20.3. The number of hydrogen-bond donors (Lipinski definition) is 3. The molecule has 3 N–H and O–H groups in total. The highest BCUT2D eigenvalue weighted by Crippen LogP contribution is 2.46. The molecule has 1 amide bonds. The Hall–Kier alpha value is -2.16. The van der Waals surface area contributed by atoms with E-state index in [1.54, 1.807) is 22.4 Å². The molecule has 1 fully saturated rings. The largest absolute Gasteiger partial charge is 0.481 e. The van der Waals surface area contributed by atoms with E-state index in [1.807, 2.05) is 39.8 Å². The fourth-order valence-corrected chi connectivity index (χ4v) is 5.10. The summed E-state index contributed by atoms with van der Waals surface area (Å²) in [6, 6.07) is 6.73. The highest BCUT2D eigenvalue weighted by atomic mass is 35.5. The molecule has 0 bridgehead atoms. The number of carbonyl (C=O) groups excluding carboxylic acids is 1. The molecule has 2 unspecified atom stereocenters. The lowest BCUT2D eigenvalue weighted by Crippen LogP contribution is -2.59. The van der Waals surface area contributed by atoms with Crippen molar-refractivity contribution in [3.63, 3.8) is 0 Å². The first-order valence-corrected chi connectivity index (χ1v) is 11.9. The summed E-state index contributed by atoms with van der Waals surface area (Å²) >= 11 is 7.31. The summed E-state index contributed by atoms with van der Waals surface area (Å²) < 4.78 is 0. The molecule has 3 rings (SSSR count). The minimum Gasteiger partial charge on any atom is -0.481 e. The van der Waals surface area contributed by atoms with Gasteiger partial charge in [0.25, 0.3) is 0 Å². The van der Waals surface area contributed by atoms with Crippen molar-refractivity contribution in [3.05, 3.63) is 45.9 Å². The van der Waals surface area contributed by atoms with Gasteiger partial charge in [0.2, 0.25) is 5.91 Å². The number of hydrogen-bond acceptors (Lipinski definition) is 6. The van der Waals surface area contributed by atoms with Crippen LogP contribution in [0, 0.1) is 11.3 Å². The van der Waals surface area contributed by atoms with Gasteiger partial charge >= 0.3 is 5.97 Å². The number of aliphatic carboxylic acids is 1. The van der Waals surface area contributed by atoms with Crippen LogP contribution in [0.25, 0.3) is 0 Å². The number of nitrogens with zero attached hydrogens (tertiary/aromatic N) is 2. The maximum Gasteiger partial charge on any atom is 0.309 e. The first-order valence-electron chi connectivity index (χ1n) is 10.6. The molecule has 2 heterocycles. The highest BCUT2D eigenvalue weighted by molar-refractivity contribution is 7.13. The van der Waals surface area contributed by atoms with E-state index in [2.05, 4.69) is 10.3 Å². The van der Waals surface area contributed by atoms with Crippen molar-refractivity contribution in [3.8, 4) is 0 Å². The van der Waals surface area contributed by atoms with Crippen LogP contribution in [0.15, 0.2) is 29.6 Å². The number of benzene rings is 1. The third kappa shape index (κ3) is 5.08. The number of nitrogens with one attached hydrogen (secondary N) is 1. The van der Waals surface area contributed by atoms with Gasteiger partial charge in [0.05, 0.1) is 17.7 Å². The normalized spacial score (nSPS) is 21.4. The van der Waals surface area contributed by atoms with Gasteiger partial charge in [-0.25, -0.2) is 4.98 Å². The number of aliphatic hydroxyl groups is 1. The molecule has 2 atom stereocenters. The number of likely N-dealkylation sites (tertiary alicyclic amines) is 1. The maximum absolute atomic E-state index is 13.5. The molecule has 0 radical (unpaired) electrons. The van der Waals surface area contributed by atoms with Gasteiger partial charge in [-0.1, -0.05) is 51.4 Å². The first-order chi connectivity index (χ1) is 14.9. The predicted molar refractivity (Wildman–Crippen MR) is 126 cm³/mol. The summed E-state index contributed by atoms with van der Waals surface area (Å²) in [5.74, 6) is -1.00. The lowest BCUT2D eigenvalue weighted by Gasteiger charge is -2.51. The van der Waals surface area contributed by atoms with Gasteiger partial charge in [0.15, 0.2) is 5.13 Å². The summed E-state index contributed by atoms with van der Waals surface area (Å²) in [6.07, 6.45) is 0.264. The Bertz CT molecular complexity index is 976. The van der Waals surface area contributed by atoms with E-state index < -0.39 is 23.0 Å². The van der Waals surface area contributed by atoms with Gasteiger partial charge in [-0.05, 0) is 30.0 Å². The third-order valence-electron chi connectivity index (χ3n) is 6.18. The van der Waals surface area contributed by atoms with Crippen LogP contribution in [0.1, 0.15) is 45.4 Å².